The summed E-state index contributed by atoms with van der Waals surface area (Å²) in [5.41, 5.74) is 0.358. The van der Waals surface area contributed by atoms with Crippen LogP contribution in [-0.2, 0) is 0 Å². The largest absolute Gasteiger partial charge is 0.504 e. The van der Waals surface area contributed by atoms with Crippen molar-refractivity contribution in [1.82, 2.24) is 0 Å². The second kappa shape index (κ2) is 4.25. The molecule has 0 spiro atoms. The molecule has 2 aromatic carbocycles. The van der Waals surface area contributed by atoms with Gasteiger partial charge < -0.3 is 10.2 Å². The minimum absolute atomic E-state index is 0.271. The Morgan fingerprint density at radius 3 is 2.29 bits per heavy atom. The molecule has 2 N–H and O–H groups in total. The molecule has 0 atom stereocenters. The summed E-state index contributed by atoms with van der Waals surface area (Å²) in [5, 5.41) is 18.3. The Hall–Kier alpha value is -2.36. The average Bonchev–Trinajstić information content (AvgIpc) is 2.33. The molecule has 17 heavy (non-hydrogen) atoms. The van der Waals surface area contributed by atoms with E-state index in [2.05, 4.69) is 0 Å². The molecule has 0 heterocycles. The van der Waals surface area contributed by atoms with E-state index in [1.54, 1.807) is 30.3 Å². The van der Waals surface area contributed by atoms with Crippen LogP contribution in [0.1, 0.15) is 10.4 Å². The zero-order valence-electron chi connectivity index (χ0n) is 8.72. The van der Waals surface area contributed by atoms with Gasteiger partial charge in [-0.15, -0.1) is 0 Å². The number of aromatic carboxylic acids is 1. The van der Waals surface area contributed by atoms with Crippen LogP contribution in [-0.4, -0.2) is 16.2 Å². The van der Waals surface area contributed by atoms with Gasteiger partial charge in [-0.2, -0.15) is 0 Å². The van der Waals surface area contributed by atoms with Crippen LogP contribution in [0.15, 0.2) is 42.5 Å². The van der Waals surface area contributed by atoms with Crippen molar-refractivity contribution in [2.75, 3.05) is 0 Å². The van der Waals surface area contributed by atoms with E-state index in [-0.39, 0.29) is 5.56 Å². The highest BCUT2D eigenvalue weighted by atomic mass is 19.1. The maximum absolute atomic E-state index is 13.6. The van der Waals surface area contributed by atoms with Crippen LogP contribution in [0.4, 0.5) is 4.39 Å². The summed E-state index contributed by atoms with van der Waals surface area (Å²) in [6, 6.07) is 11.2. The van der Waals surface area contributed by atoms with Gasteiger partial charge in [0.05, 0.1) is 5.56 Å². The third kappa shape index (κ3) is 1.97. The van der Waals surface area contributed by atoms with E-state index >= 15 is 0 Å². The van der Waals surface area contributed by atoms with Crippen molar-refractivity contribution >= 4 is 5.97 Å². The molecule has 0 aliphatic carbocycles. The number of phenolic OH excluding ortho intramolecular Hbond substituents is 1. The molecule has 0 aromatic heterocycles. The first-order chi connectivity index (χ1) is 8.11. The van der Waals surface area contributed by atoms with Crippen molar-refractivity contribution in [3.63, 3.8) is 0 Å². The Morgan fingerprint density at radius 2 is 1.71 bits per heavy atom. The SMILES string of the molecule is O=C(O)c1ccc(-c2ccccc2)c(O)c1F. The lowest BCUT2D eigenvalue weighted by atomic mass is 10.0. The number of phenols is 1. The van der Waals surface area contributed by atoms with Gasteiger partial charge in [-0.25, -0.2) is 9.18 Å². The van der Waals surface area contributed by atoms with Crippen molar-refractivity contribution in [2.24, 2.45) is 0 Å². The van der Waals surface area contributed by atoms with Crippen LogP contribution in [0.2, 0.25) is 0 Å². The smallest absolute Gasteiger partial charge is 0.338 e. The summed E-state index contributed by atoms with van der Waals surface area (Å²) in [6.07, 6.45) is 0. The normalized spacial score (nSPS) is 10.2. The van der Waals surface area contributed by atoms with Crippen LogP contribution >= 0.6 is 0 Å². The van der Waals surface area contributed by atoms with E-state index in [1.807, 2.05) is 0 Å². The van der Waals surface area contributed by atoms with Crippen molar-refractivity contribution in [3.8, 4) is 16.9 Å². The first-order valence-corrected chi connectivity index (χ1v) is 4.91. The zero-order chi connectivity index (χ0) is 12.4. The van der Waals surface area contributed by atoms with E-state index in [9.17, 15) is 14.3 Å². The fourth-order valence-electron chi connectivity index (χ4n) is 1.58. The number of carboxylic acid groups (broad SMARTS) is 1. The highest BCUT2D eigenvalue weighted by Gasteiger charge is 2.17. The fourth-order valence-corrected chi connectivity index (χ4v) is 1.58. The topological polar surface area (TPSA) is 57.5 Å². The Labute approximate surface area is 96.8 Å². The third-order valence-corrected chi connectivity index (χ3v) is 2.43. The molecular weight excluding hydrogens is 223 g/mol. The molecule has 0 bridgehead atoms. The number of hydrogen-bond donors (Lipinski definition) is 2. The number of carboxylic acids is 1. The van der Waals surface area contributed by atoms with Gasteiger partial charge in [-0.05, 0) is 17.7 Å². The van der Waals surface area contributed by atoms with Crippen LogP contribution in [0.25, 0.3) is 11.1 Å². The van der Waals surface area contributed by atoms with E-state index in [0.717, 1.165) is 6.07 Å². The van der Waals surface area contributed by atoms with Crippen molar-refractivity contribution < 1.29 is 19.4 Å². The van der Waals surface area contributed by atoms with Crippen LogP contribution < -0.4 is 0 Å². The lowest BCUT2D eigenvalue weighted by molar-refractivity contribution is 0.0691. The van der Waals surface area contributed by atoms with Gasteiger partial charge in [0.2, 0.25) is 0 Å². The highest BCUT2D eigenvalue weighted by molar-refractivity contribution is 5.90. The van der Waals surface area contributed by atoms with E-state index in [4.69, 9.17) is 5.11 Å². The Bertz CT molecular complexity index is 564. The van der Waals surface area contributed by atoms with E-state index in [1.165, 1.54) is 6.07 Å². The van der Waals surface area contributed by atoms with Gasteiger partial charge >= 0.3 is 5.97 Å². The van der Waals surface area contributed by atoms with Crippen molar-refractivity contribution in [3.05, 3.63) is 53.8 Å². The summed E-state index contributed by atoms with van der Waals surface area (Å²) in [6.45, 7) is 0. The number of benzene rings is 2. The van der Waals surface area contributed by atoms with Crippen LogP contribution in [0.5, 0.6) is 5.75 Å². The Kier molecular flexibility index (Phi) is 2.78. The summed E-state index contributed by atoms with van der Waals surface area (Å²) in [4.78, 5) is 10.7. The van der Waals surface area contributed by atoms with Crippen LogP contribution in [0.3, 0.4) is 0 Å². The molecule has 0 amide bonds. The number of carbonyl (C=O) groups is 1. The first kappa shape index (κ1) is 11.1. The predicted molar refractivity (Wildman–Crippen MR) is 60.5 cm³/mol. The lowest BCUT2D eigenvalue weighted by Crippen LogP contribution is -2.01. The number of halogens is 1. The molecule has 4 heteroatoms. The second-order valence-electron chi connectivity index (χ2n) is 3.49. The summed E-state index contributed by atoms with van der Waals surface area (Å²) in [5.74, 6) is -3.16. The predicted octanol–water partition coefficient (Wildman–Crippen LogP) is 2.90. The van der Waals surface area contributed by atoms with Gasteiger partial charge in [0.15, 0.2) is 11.6 Å². The highest BCUT2D eigenvalue weighted by Crippen LogP contribution is 2.32. The van der Waals surface area contributed by atoms with Crippen molar-refractivity contribution in [2.45, 2.75) is 0 Å². The molecule has 0 saturated heterocycles. The second-order valence-corrected chi connectivity index (χ2v) is 3.49. The van der Waals surface area contributed by atoms with Gasteiger partial charge in [0.1, 0.15) is 0 Å². The van der Waals surface area contributed by atoms with Gasteiger partial charge in [-0.1, -0.05) is 30.3 Å². The molecule has 86 valence electrons. The number of hydrogen-bond acceptors (Lipinski definition) is 2. The third-order valence-electron chi connectivity index (χ3n) is 2.43. The fraction of sp³-hybridized carbons (Fsp3) is 0. The molecular formula is C13H9FO3. The molecule has 0 aliphatic heterocycles. The maximum atomic E-state index is 13.6. The minimum atomic E-state index is -1.41. The number of aromatic hydroxyl groups is 1. The molecule has 2 aromatic rings. The Morgan fingerprint density at radius 1 is 1.06 bits per heavy atom. The van der Waals surface area contributed by atoms with E-state index < -0.39 is 23.1 Å². The molecule has 3 nitrogen and oxygen atoms in total. The average molecular weight is 232 g/mol. The zero-order valence-corrected chi connectivity index (χ0v) is 8.72. The molecule has 0 aliphatic rings. The summed E-state index contributed by atoms with van der Waals surface area (Å²) >= 11 is 0. The van der Waals surface area contributed by atoms with Crippen LogP contribution in [0, 0.1) is 5.82 Å². The summed E-state index contributed by atoms with van der Waals surface area (Å²) in [7, 11) is 0. The van der Waals surface area contributed by atoms with Gasteiger partial charge in [-0.3, -0.25) is 0 Å². The minimum Gasteiger partial charge on any atom is -0.504 e. The van der Waals surface area contributed by atoms with Gasteiger partial charge in [0.25, 0.3) is 0 Å². The Balaban J connectivity index is 2.60. The van der Waals surface area contributed by atoms with E-state index in [0.29, 0.717) is 5.56 Å². The van der Waals surface area contributed by atoms with Gasteiger partial charge in [0, 0.05) is 5.56 Å². The lowest BCUT2D eigenvalue weighted by Gasteiger charge is -2.07. The molecule has 0 radical (unpaired) electrons. The number of rotatable bonds is 2. The standard InChI is InChI=1S/C13H9FO3/c14-11-10(13(16)17)7-6-9(12(11)15)8-4-2-1-3-5-8/h1-7,15H,(H,16,17). The molecule has 0 fully saturated rings. The van der Waals surface area contributed by atoms with Crippen molar-refractivity contribution in [1.29, 1.82) is 0 Å². The summed E-state index contributed by atoms with van der Waals surface area (Å²) < 4.78 is 13.6. The maximum Gasteiger partial charge on any atom is 0.338 e. The molecule has 0 unspecified atom stereocenters. The first-order valence-electron chi connectivity index (χ1n) is 4.91. The quantitative estimate of drug-likeness (QED) is 0.836. The molecule has 0 saturated carbocycles. The molecule has 2 rings (SSSR count). The monoisotopic (exact) mass is 232 g/mol.